The third-order valence-corrected chi connectivity index (χ3v) is 9.56. The summed E-state index contributed by atoms with van der Waals surface area (Å²) in [6.45, 7) is 1.42. The summed E-state index contributed by atoms with van der Waals surface area (Å²) < 4.78 is 27.4. The van der Waals surface area contributed by atoms with Crippen LogP contribution in [0.5, 0.6) is 0 Å². The lowest BCUT2D eigenvalue weighted by atomic mass is 10.1. The Morgan fingerprint density at radius 1 is 0.649 bits per heavy atom. The Labute approximate surface area is 218 Å². The van der Waals surface area contributed by atoms with E-state index in [0.717, 1.165) is 22.3 Å². The van der Waals surface area contributed by atoms with Crippen LogP contribution in [0.25, 0.3) is 0 Å². The number of rotatable bonds is 13. The molecule has 1 aliphatic carbocycles. The Bertz CT molecular complexity index is 1240. The van der Waals surface area contributed by atoms with E-state index in [-0.39, 0.29) is 19.1 Å². The van der Waals surface area contributed by atoms with E-state index in [9.17, 15) is 4.57 Å². The van der Waals surface area contributed by atoms with Crippen molar-refractivity contribution in [3.63, 3.8) is 0 Å². The molecule has 37 heavy (non-hydrogen) atoms. The quantitative estimate of drug-likeness (QED) is 0.116. The number of hydrogen-bond acceptors (Lipinski definition) is 5. The van der Waals surface area contributed by atoms with Gasteiger partial charge >= 0.3 is 7.60 Å². The lowest BCUT2D eigenvalue weighted by molar-refractivity contribution is 0.0246. The predicted octanol–water partition coefficient (Wildman–Crippen LogP) is 7.25. The van der Waals surface area contributed by atoms with Gasteiger partial charge in [-0.2, -0.15) is 0 Å². The Morgan fingerprint density at radius 3 is 1.57 bits per heavy atom. The van der Waals surface area contributed by atoms with E-state index in [2.05, 4.69) is 5.48 Å². The number of hydrogen-bond donors (Lipinski definition) is 1. The molecule has 1 N–H and O–H groups in total. The van der Waals surface area contributed by atoms with Crippen molar-refractivity contribution >= 4 is 7.60 Å². The van der Waals surface area contributed by atoms with Crippen molar-refractivity contribution in [1.29, 1.82) is 0 Å². The topological polar surface area (TPSA) is 56.8 Å². The van der Waals surface area contributed by atoms with Gasteiger partial charge in [0.2, 0.25) is 0 Å². The summed E-state index contributed by atoms with van der Waals surface area (Å²) in [4.78, 5) is 5.75. The minimum atomic E-state index is -3.62. The maximum absolute atomic E-state index is 14.8. The van der Waals surface area contributed by atoms with E-state index in [0.29, 0.717) is 19.6 Å². The first-order valence-corrected chi connectivity index (χ1v) is 14.1. The molecule has 6 heteroatoms. The molecule has 0 saturated heterocycles. The first-order chi connectivity index (χ1) is 18.2. The molecular formula is C31H32NO4P. The maximum atomic E-state index is 14.8. The van der Waals surface area contributed by atoms with Crippen LogP contribution >= 0.6 is 7.60 Å². The Balaban J connectivity index is 1.36. The Hall–Kier alpha value is -3.05. The van der Waals surface area contributed by atoms with Crippen LogP contribution in [-0.2, 0) is 43.4 Å². The van der Waals surface area contributed by atoms with Gasteiger partial charge in [-0.1, -0.05) is 121 Å². The fourth-order valence-corrected chi connectivity index (χ4v) is 7.36. The minimum Gasteiger partial charge on any atom is -0.303 e. The molecule has 1 fully saturated rings. The van der Waals surface area contributed by atoms with Gasteiger partial charge in [0.1, 0.15) is 5.16 Å². The minimum absolute atomic E-state index is 0.0306. The van der Waals surface area contributed by atoms with Crippen LogP contribution < -0.4 is 5.48 Å². The van der Waals surface area contributed by atoms with Crippen molar-refractivity contribution in [1.82, 2.24) is 5.48 Å². The lowest BCUT2D eigenvalue weighted by Gasteiger charge is -2.29. The van der Waals surface area contributed by atoms with Gasteiger partial charge in [-0.3, -0.25) is 9.40 Å². The zero-order valence-corrected chi connectivity index (χ0v) is 21.6. The van der Waals surface area contributed by atoms with E-state index in [4.69, 9.17) is 13.9 Å². The summed E-state index contributed by atoms with van der Waals surface area (Å²) in [7, 11) is -3.62. The summed E-state index contributed by atoms with van der Waals surface area (Å²) in [5.74, 6) is 0.0306. The highest BCUT2D eigenvalue weighted by atomic mass is 31.2. The molecule has 0 aromatic heterocycles. The molecule has 0 unspecified atom stereocenters. The van der Waals surface area contributed by atoms with Crippen molar-refractivity contribution < 1.29 is 18.5 Å². The van der Waals surface area contributed by atoms with Gasteiger partial charge in [0.25, 0.3) is 0 Å². The van der Waals surface area contributed by atoms with Crippen LogP contribution in [0.15, 0.2) is 121 Å². The summed E-state index contributed by atoms with van der Waals surface area (Å²) >= 11 is 0. The first-order valence-electron chi connectivity index (χ1n) is 12.6. The molecule has 190 valence electrons. The van der Waals surface area contributed by atoms with E-state index >= 15 is 0 Å². The molecule has 0 spiro atoms. The molecule has 5 rings (SSSR count). The summed E-state index contributed by atoms with van der Waals surface area (Å²) in [5.41, 5.74) is 7.07. The molecular weight excluding hydrogens is 481 g/mol. The van der Waals surface area contributed by atoms with Gasteiger partial charge in [0, 0.05) is 6.54 Å². The average molecular weight is 514 g/mol. The molecule has 0 aliphatic heterocycles. The molecule has 4 aromatic rings. The Kier molecular flexibility index (Phi) is 8.30. The Morgan fingerprint density at radius 2 is 1.08 bits per heavy atom. The zero-order chi connectivity index (χ0) is 25.4. The highest BCUT2D eigenvalue weighted by Gasteiger charge is 2.68. The highest BCUT2D eigenvalue weighted by molar-refractivity contribution is 7.55. The largest absolute Gasteiger partial charge is 0.342 e. The molecule has 4 aromatic carbocycles. The van der Waals surface area contributed by atoms with Crippen LogP contribution in [0, 0.1) is 5.92 Å². The molecule has 0 amide bonds. The van der Waals surface area contributed by atoms with E-state index in [1.165, 1.54) is 0 Å². The third kappa shape index (κ3) is 6.10. The third-order valence-electron chi connectivity index (χ3n) is 6.84. The van der Waals surface area contributed by atoms with E-state index in [1.54, 1.807) is 0 Å². The fourth-order valence-electron chi connectivity index (χ4n) is 4.73. The van der Waals surface area contributed by atoms with Crippen LogP contribution in [0.3, 0.4) is 0 Å². The van der Waals surface area contributed by atoms with E-state index in [1.807, 2.05) is 121 Å². The summed E-state index contributed by atoms with van der Waals surface area (Å²) in [6, 6.07) is 39.6. The fraction of sp³-hybridized carbons (Fsp3) is 0.226. The smallest absolute Gasteiger partial charge is 0.303 e. The maximum Gasteiger partial charge on any atom is 0.342 e. The first kappa shape index (κ1) is 25.6. The monoisotopic (exact) mass is 513 g/mol. The second kappa shape index (κ2) is 12.0. The van der Waals surface area contributed by atoms with Crippen molar-refractivity contribution in [2.24, 2.45) is 5.92 Å². The van der Waals surface area contributed by atoms with Gasteiger partial charge in [0.05, 0.1) is 19.8 Å². The molecule has 2 atom stereocenters. The van der Waals surface area contributed by atoms with Gasteiger partial charge in [-0.05, 0) is 34.6 Å². The van der Waals surface area contributed by atoms with Crippen LogP contribution in [-0.4, -0.2) is 6.54 Å². The molecule has 0 radical (unpaired) electrons. The van der Waals surface area contributed by atoms with Crippen molar-refractivity contribution in [3.8, 4) is 0 Å². The van der Waals surface area contributed by atoms with Crippen LogP contribution in [0.1, 0.15) is 28.7 Å². The van der Waals surface area contributed by atoms with E-state index < -0.39 is 12.8 Å². The van der Waals surface area contributed by atoms with Gasteiger partial charge in [0.15, 0.2) is 0 Å². The zero-order valence-electron chi connectivity index (χ0n) is 20.7. The predicted molar refractivity (Wildman–Crippen MR) is 146 cm³/mol. The van der Waals surface area contributed by atoms with Crippen LogP contribution in [0.4, 0.5) is 0 Å². The molecule has 5 nitrogen and oxygen atoms in total. The van der Waals surface area contributed by atoms with Gasteiger partial charge in [-0.25, -0.2) is 5.48 Å². The number of benzene rings is 4. The normalized spacial score (nSPS) is 19.0. The lowest BCUT2D eigenvalue weighted by Crippen LogP contribution is -2.23. The van der Waals surface area contributed by atoms with Crippen molar-refractivity contribution in [3.05, 3.63) is 144 Å². The number of nitrogens with one attached hydrogen (secondary N) is 1. The van der Waals surface area contributed by atoms with Gasteiger partial charge in [-0.15, -0.1) is 0 Å². The average Bonchev–Trinajstić information content (AvgIpc) is 3.71. The highest BCUT2D eigenvalue weighted by Crippen LogP contribution is 2.79. The summed E-state index contributed by atoms with van der Waals surface area (Å²) in [6.07, 6.45) is 0.680. The second-order valence-electron chi connectivity index (χ2n) is 9.33. The van der Waals surface area contributed by atoms with Crippen molar-refractivity contribution in [2.45, 2.75) is 31.4 Å². The SMILES string of the molecule is O=P(OCc1ccccc1)(OCc1ccccc1)[C@@]1(c2ccccc2)C[C@H]1CNOCc1ccccc1. The standard InChI is InChI=1S/C31H32NO4P/c33-37(35-24-27-15-7-2-8-16-27,36-25-28-17-9-3-10-18-28)31(29-19-11-4-12-20-29)21-30(31)22-32-34-23-26-13-5-1-6-14-26/h1-20,30,32H,21-25H2/t30-,31+/m0/s1. The molecule has 0 heterocycles. The second-order valence-corrected chi connectivity index (χ2v) is 11.6. The summed E-state index contributed by atoms with van der Waals surface area (Å²) in [5, 5.41) is -0.749. The molecule has 1 saturated carbocycles. The molecule has 1 aliphatic rings. The number of hydroxylamine groups is 1. The van der Waals surface area contributed by atoms with Gasteiger partial charge < -0.3 is 9.05 Å². The van der Waals surface area contributed by atoms with Crippen molar-refractivity contribution in [2.75, 3.05) is 6.54 Å². The van der Waals surface area contributed by atoms with Crippen LogP contribution in [0.2, 0.25) is 0 Å². The molecule has 0 bridgehead atoms.